The summed E-state index contributed by atoms with van der Waals surface area (Å²) in [5, 5.41) is 0. The van der Waals surface area contributed by atoms with Gasteiger partial charge in [-0.05, 0) is 31.5 Å². The lowest BCUT2D eigenvalue weighted by atomic mass is 10.1. The molecule has 8 nitrogen and oxygen atoms in total. The van der Waals surface area contributed by atoms with E-state index in [-0.39, 0.29) is 23.4 Å². The SMILES string of the molecule is C[C@@H]1CN(c2cc(=O)n3cc(C(=O)N(C)C)cc(CN4CCc5c(F)cccc54)c3n2)CCO1. The topological polar surface area (TPSA) is 70.4 Å². The summed E-state index contributed by atoms with van der Waals surface area (Å²) in [6.45, 7) is 4.92. The Labute approximate surface area is 197 Å². The molecule has 1 saturated heterocycles. The van der Waals surface area contributed by atoms with Crippen molar-refractivity contribution >= 4 is 23.1 Å². The maximum Gasteiger partial charge on any atom is 0.259 e. The highest BCUT2D eigenvalue weighted by Crippen LogP contribution is 2.32. The van der Waals surface area contributed by atoms with Gasteiger partial charge in [0, 0.05) is 69.4 Å². The van der Waals surface area contributed by atoms with Gasteiger partial charge in [-0.25, -0.2) is 9.37 Å². The summed E-state index contributed by atoms with van der Waals surface area (Å²) >= 11 is 0. The summed E-state index contributed by atoms with van der Waals surface area (Å²) in [5.41, 5.74) is 2.93. The van der Waals surface area contributed by atoms with Crippen LogP contribution in [-0.2, 0) is 17.7 Å². The molecular weight excluding hydrogens is 437 g/mol. The lowest BCUT2D eigenvalue weighted by Gasteiger charge is -2.32. The minimum Gasteiger partial charge on any atom is -0.375 e. The molecule has 4 heterocycles. The normalized spacial score (nSPS) is 17.8. The number of nitrogens with zero attached hydrogens (tertiary/aromatic N) is 5. The molecule has 2 aromatic heterocycles. The fraction of sp³-hybridized carbons (Fsp3) is 0.400. The number of aromatic nitrogens is 2. The Hall–Kier alpha value is -3.46. The van der Waals surface area contributed by atoms with Crippen molar-refractivity contribution in [2.75, 3.05) is 50.1 Å². The van der Waals surface area contributed by atoms with Crippen LogP contribution in [0.5, 0.6) is 0 Å². The van der Waals surface area contributed by atoms with Gasteiger partial charge < -0.3 is 19.4 Å². The highest BCUT2D eigenvalue weighted by Gasteiger charge is 2.25. The van der Waals surface area contributed by atoms with Crippen molar-refractivity contribution in [1.29, 1.82) is 0 Å². The highest BCUT2D eigenvalue weighted by atomic mass is 19.1. The molecule has 9 heteroatoms. The van der Waals surface area contributed by atoms with E-state index in [4.69, 9.17) is 9.72 Å². The van der Waals surface area contributed by atoms with Gasteiger partial charge in [0.05, 0.1) is 18.3 Å². The zero-order valence-corrected chi connectivity index (χ0v) is 19.6. The fourth-order valence-electron chi connectivity index (χ4n) is 4.77. The first-order chi connectivity index (χ1) is 16.3. The van der Waals surface area contributed by atoms with E-state index < -0.39 is 0 Å². The van der Waals surface area contributed by atoms with Gasteiger partial charge in [-0.15, -0.1) is 0 Å². The van der Waals surface area contributed by atoms with Crippen molar-refractivity contribution in [3.63, 3.8) is 0 Å². The molecule has 5 rings (SSSR count). The van der Waals surface area contributed by atoms with Crippen molar-refractivity contribution in [3.8, 4) is 0 Å². The molecule has 1 aromatic carbocycles. The van der Waals surface area contributed by atoms with Crippen LogP contribution in [0.3, 0.4) is 0 Å². The van der Waals surface area contributed by atoms with E-state index in [2.05, 4.69) is 9.80 Å². The van der Waals surface area contributed by atoms with E-state index >= 15 is 0 Å². The van der Waals surface area contributed by atoms with Crippen LogP contribution in [0.15, 0.2) is 41.3 Å². The van der Waals surface area contributed by atoms with Gasteiger partial charge in [0.25, 0.3) is 11.5 Å². The molecule has 0 aliphatic carbocycles. The minimum absolute atomic E-state index is 0.0459. The van der Waals surface area contributed by atoms with E-state index in [1.54, 1.807) is 32.4 Å². The van der Waals surface area contributed by atoms with Crippen LogP contribution in [-0.4, -0.2) is 66.6 Å². The molecule has 2 aliphatic rings. The number of pyridine rings is 1. The highest BCUT2D eigenvalue weighted by molar-refractivity contribution is 5.94. The van der Waals surface area contributed by atoms with Gasteiger partial charge in [-0.3, -0.25) is 14.0 Å². The average molecular weight is 466 g/mol. The van der Waals surface area contributed by atoms with E-state index in [0.29, 0.717) is 61.8 Å². The van der Waals surface area contributed by atoms with Crippen LogP contribution in [0.2, 0.25) is 0 Å². The third-order valence-corrected chi connectivity index (χ3v) is 6.47. The summed E-state index contributed by atoms with van der Waals surface area (Å²) < 4.78 is 21.4. The number of carbonyl (C=O) groups is 1. The van der Waals surface area contributed by atoms with Gasteiger partial charge in [-0.1, -0.05) is 6.07 Å². The van der Waals surface area contributed by atoms with Crippen LogP contribution in [0.4, 0.5) is 15.9 Å². The molecule has 0 N–H and O–H groups in total. The van der Waals surface area contributed by atoms with Gasteiger partial charge in [0.15, 0.2) is 0 Å². The molecule has 178 valence electrons. The molecule has 0 bridgehead atoms. The number of morpholine rings is 1. The number of halogens is 1. The maximum absolute atomic E-state index is 14.3. The van der Waals surface area contributed by atoms with E-state index in [9.17, 15) is 14.0 Å². The Kier molecular flexibility index (Phi) is 5.73. The van der Waals surface area contributed by atoms with Crippen LogP contribution in [0, 0.1) is 5.82 Å². The van der Waals surface area contributed by atoms with Crippen LogP contribution < -0.4 is 15.4 Å². The van der Waals surface area contributed by atoms with Crippen LogP contribution in [0.1, 0.15) is 28.4 Å². The first-order valence-corrected chi connectivity index (χ1v) is 11.5. The van der Waals surface area contributed by atoms with E-state index in [0.717, 1.165) is 11.3 Å². The zero-order chi connectivity index (χ0) is 24.0. The molecule has 1 atom stereocenters. The zero-order valence-electron chi connectivity index (χ0n) is 19.6. The molecule has 1 fully saturated rings. The second-order valence-corrected chi connectivity index (χ2v) is 9.14. The number of anilines is 2. The number of ether oxygens (including phenoxy) is 1. The Morgan fingerprint density at radius 1 is 1.26 bits per heavy atom. The third kappa shape index (κ3) is 4.00. The van der Waals surface area contributed by atoms with Crippen LogP contribution >= 0.6 is 0 Å². The third-order valence-electron chi connectivity index (χ3n) is 6.47. The van der Waals surface area contributed by atoms with Gasteiger partial charge in [0.1, 0.15) is 17.3 Å². The van der Waals surface area contributed by atoms with Gasteiger partial charge >= 0.3 is 0 Å². The predicted octanol–water partition coefficient (Wildman–Crippen LogP) is 2.32. The second kappa shape index (κ2) is 8.72. The van der Waals surface area contributed by atoms with Crippen molar-refractivity contribution in [2.24, 2.45) is 0 Å². The van der Waals surface area contributed by atoms with Gasteiger partial charge in [-0.2, -0.15) is 0 Å². The standard InChI is InChI=1S/C25H28FN5O3/c1-16-13-30(9-10-34-16)22-12-23(32)31-15-18(25(33)28(2)3)11-17(24(31)27-22)14-29-8-7-19-20(26)5-4-6-21(19)29/h4-6,11-12,15-16H,7-10,13-14H2,1-3H3/t16-/m1/s1. The first-order valence-electron chi connectivity index (χ1n) is 11.5. The van der Waals surface area contributed by atoms with Crippen molar-refractivity contribution in [2.45, 2.75) is 26.0 Å². The summed E-state index contributed by atoms with van der Waals surface area (Å²) in [4.78, 5) is 36.4. The fourth-order valence-corrected chi connectivity index (χ4v) is 4.77. The summed E-state index contributed by atoms with van der Waals surface area (Å²) in [6, 6.07) is 8.40. The lowest BCUT2D eigenvalue weighted by molar-refractivity contribution is 0.0529. The Morgan fingerprint density at radius 2 is 2.09 bits per heavy atom. The number of fused-ring (bicyclic) bond motifs is 2. The molecule has 0 radical (unpaired) electrons. The monoisotopic (exact) mass is 465 g/mol. The molecule has 0 saturated carbocycles. The Morgan fingerprint density at radius 3 is 2.85 bits per heavy atom. The molecule has 0 spiro atoms. The van der Waals surface area contributed by atoms with E-state index in [1.165, 1.54) is 21.4 Å². The molecule has 1 amide bonds. The summed E-state index contributed by atoms with van der Waals surface area (Å²) in [7, 11) is 3.35. The van der Waals surface area contributed by atoms with Crippen LogP contribution in [0.25, 0.3) is 5.65 Å². The van der Waals surface area contributed by atoms with Crippen molar-refractivity contribution in [3.05, 3.63) is 69.4 Å². The average Bonchev–Trinajstić information content (AvgIpc) is 3.22. The molecule has 34 heavy (non-hydrogen) atoms. The number of benzene rings is 1. The smallest absolute Gasteiger partial charge is 0.259 e. The largest absolute Gasteiger partial charge is 0.375 e. The Bertz CT molecular complexity index is 1320. The quantitative estimate of drug-likeness (QED) is 0.589. The predicted molar refractivity (Wildman–Crippen MR) is 128 cm³/mol. The number of rotatable bonds is 4. The van der Waals surface area contributed by atoms with Crippen molar-refractivity contribution in [1.82, 2.24) is 14.3 Å². The summed E-state index contributed by atoms with van der Waals surface area (Å²) in [6.07, 6.45) is 2.21. The van der Waals surface area contributed by atoms with Crippen molar-refractivity contribution < 1.29 is 13.9 Å². The summed E-state index contributed by atoms with van der Waals surface area (Å²) in [5.74, 6) is 0.189. The second-order valence-electron chi connectivity index (χ2n) is 9.14. The minimum atomic E-state index is -0.248. The molecular formula is C25H28FN5O3. The molecule has 0 unspecified atom stereocenters. The number of hydrogen-bond acceptors (Lipinski definition) is 6. The first kappa shape index (κ1) is 22.3. The number of hydrogen-bond donors (Lipinski definition) is 0. The lowest BCUT2D eigenvalue weighted by Crippen LogP contribution is -2.42. The maximum atomic E-state index is 14.3. The van der Waals surface area contributed by atoms with E-state index in [1.807, 2.05) is 13.0 Å². The molecule has 3 aromatic rings. The van der Waals surface area contributed by atoms with Gasteiger partial charge in [0.2, 0.25) is 0 Å². The number of amides is 1. The molecule has 2 aliphatic heterocycles. The Balaban J connectivity index is 1.62. The number of carbonyl (C=O) groups excluding carboxylic acids is 1.